The highest BCUT2D eigenvalue weighted by Gasteiger charge is 2.59. The van der Waals surface area contributed by atoms with Crippen LogP contribution in [0.15, 0.2) is 11.6 Å². The highest BCUT2D eigenvalue weighted by atomic mass is 16.5. The van der Waals surface area contributed by atoms with Crippen LogP contribution in [0.3, 0.4) is 0 Å². The fourth-order valence-electron chi connectivity index (χ4n) is 10.4. The molecule has 0 amide bonds. The molecule has 4 aliphatic carbocycles. The Labute approximate surface area is 264 Å². The fourth-order valence-corrected chi connectivity index (χ4v) is 10.4. The molecule has 5 heteroatoms. The van der Waals surface area contributed by atoms with Gasteiger partial charge in [-0.1, -0.05) is 79.4 Å². The average molecular weight is 602 g/mol. The minimum Gasteiger partial charge on any atom is -0.462 e. The third-order valence-corrected chi connectivity index (χ3v) is 13.0. The highest BCUT2D eigenvalue weighted by molar-refractivity contribution is 5.69. The summed E-state index contributed by atoms with van der Waals surface area (Å²) in [6.07, 6.45) is 17.4. The first-order valence-electron chi connectivity index (χ1n) is 18.3. The van der Waals surface area contributed by atoms with E-state index in [9.17, 15) is 15.0 Å². The second-order valence-electron chi connectivity index (χ2n) is 16.6. The highest BCUT2D eigenvalue weighted by Crippen LogP contribution is 2.67. The summed E-state index contributed by atoms with van der Waals surface area (Å²) in [4.78, 5) is 14.9. The number of aliphatic hydroxyl groups is 2. The van der Waals surface area contributed by atoms with E-state index in [1.54, 1.807) is 5.57 Å². The van der Waals surface area contributed by atoms with Crippen LogP contribution >= 0.6 is 0 Å². The molecule has 0 aromatic carbocycles. The number of hydrogen-bond acceptors (Lipinski definition) is 5. The van der Waals surface area contributed by atoms with Crippen LogP contribution in [-0.2, 0) is 9.53 Å². The SMILES string of the molecule is CC(C)CCCC(C)C1CCC2C3CC=C4CC(OC(=O)CCCN(CCO)C[C@H](O)C(C)C)CCC4(C)C3CCC12C. The molecule has 0 radical (unpaired) electrons. The standard InChI is InChI=1S/C38H67NO4/c1-26(2)10-8-11-28(5)32-15-16-33-31-14-13-29-24-30(17-19-37(29,6)34(31)18-20-38(32,33)7)43-36(42)12-9-21-39(22-23-40)25-35(41)27(3)4/h13,26-28,30-35,40-41H,8-12,14-25H2,1-7H3/t28?,30?,31?,32?,33?,34?,35-,37?,38?/m0/s1. The summed E-state index contributed by atoms with van der Waals surface area (Å²) in [7, 11) is 0. The molecule has 5 nitrogen and oxygen atoms in total. The van der Waals surface area contributed by atoms with Gasteiger partial charge in [0.2, 0.25) is 0 Å². The number of fused-ring (bicyclic) bond motifs is 5. The van der Waals surface area contributed by atoms with Crippen LogP contribution in [0.5, 0.6) is 0 Å². The fraction of sp³-hybridized carbons (Fsp3) is 0.921. The van der Waals surface area contributed by atoms with E-state index in [1.807, 2.05) is 13.8 Å². The van der Waals surface area contributed by atoms with E-state index < -0.39 is 6.10 Å². The lowest BCUT2D eigenvalue weighted by atomic mass is 9.47. The van der Waals surface area contributed by atoms with Gasteiger partial charge < -0.3 is 14.9 Å². The molecule has 3 fully saturated rings. The van der Waals surface area contributed by atoms with Gasteiger partial charge in [0.05, 0.1) is 12.7 Å². The maximum absolute atomic E-state index is 12.8. The first-order valence-corrected chi connectivity index (χ1v) is 18.3. The Balaban J connectivity index is 1.29. The van der Waals surface area contributed by atoms with Gasteiger partial charge in [-0.25, -0.2) is 0 Å². The zero-order valence-electron chi connectivity index (χ0n) is 29.0. The first-order chi connectivity index (χ1) is 20.4. The van der Waals surface area contributed by atoms with Gasteiger partial charge in [-0.3, -0.25) is 9.69 Å². The van der Waals surface area contributed by atoms with Crippen molar-refractivity contribution in [3.05, 3.63) is 11.6 Å². The van der Waals surface area contributed by atoms with Crippen LogP contribution in [0.2, 0.25) is 0 Å². The maximum atomic E-state index is 12.8. The first kappa shape index (κ1) is 35.0. The summed E-state index contributed by atoms with van der Waals surface area (Å²) in [5, 5.41) is 19.7. The molecular formula is C38H67NO4. The van der Waals surface area contributed by atoms with Gasteiger partial charge in [0.15, 0.2) is 0 Å². The van der Waals surface area contributed by atoms with E-state index in [-0.39, 0.29) is 30.0 Å². The molecule has 0 aliphatic heterocycles. The van der Waals surface area contributed by atoms with Gasteiger partial charge >= 0.3 is 5.97 Å². The van der Waals surface area contributed by atoms with Crippen LogP contribution in [0.25, 0.3) is 0 Å². The summed E-state index contributed by atoms with van der Waals surface area (Å²) in [5.74, 6) is 5.14. The van der Waals surface area contributed by atoms with Gasteiger partial charge in [-0.15, -0.1) is 0 Å². The van der Waals surface area contributed by atoms with Gasteiger partial charge in [-0.2, -0.15) is 0 Å². The van der Waals surface area contributed by atoms with E-state index in [1.165, 1.54) is 51.4 Å². The summed E-state index contributed by atoms with van der Waals surface area (Å²) in [6.45, 7) is 18.3. The molecule has 3 saturated carbocycles. The molecule has 0 heterocycles. The van der Waals surface area contributed by atoms with E-state index in [2.05, 4.69) is 45.6 Å². The van der Waals surface area contributed by atoms with Crippen LogP contribution in [-0.4, -0.2) is 59.5 Å². The normalized spacial score (nSPS) is 35.3. The Morgan fingerprint density at radius 2 is 1.77 bits per heavy atom. The zero-order valence-corrected chi connectivity index (χ0v) is 29.0. The van der Waals surface area contributed by atoms with Gasteiger partial charge in [0.1, 0.15) is 6.10 Å². The Hall–Kier alpha value is -0.910. The monoisotopic (exact) mass is 602 g/mol. The summed E-state index contributed by atoms with van der Waals surface area (Å²) in [5.41, 5.74) is 2.37. The van der Waals surface area contributed by atoms with E-state index in [0.717, 1.165) is 54.8 Å². The number of carbonyl (C=O) groups excluding carboxylic acids is 1. The van der Waals surface area contributed by atoms with Crippen molar-refractivity contribution < 1.29 is 19.7 Å². The summed E-state index contributed by atoms with van der Waals surface area (Å²) < 4.78 is 6.06. The van der Waals surface area contributed by atoms with Crippen LogP contribution in [0.1, 0.15) is 132 Å². The second kappa shape index (κ2) is 15.1. The molecule has 9 atom stereocenters. The Bertz CT molecular complexity index is 931. The third kappa shape index (κ3) is 8.09. The van der Waals surface area contributed by atoms with Crippen molar-refractivity contribution in [1.82, 2.24) is 4.90 Å². The second-order valence-corrected chi connectivity index (χ2v) is 16.6. The summed E-state index contributed by atoms with van der Waals surface area (Å²) >= 11 is 0. The quantitative estimate of drug-likeness (QED) is 0.147. The Morgan fingerprint density at radius 3 is 2.47 bits per heavy atom. The van der Waals surface area contributed by atoms with Crippen molar-refractivity contribution >= 4 is 5.97 Å². The predicted molar refractivity (Wildman–Crippen MR) is 177 cm³/mol. The number of esters is 1. The number of nitrogens with zero attached hydrogens (tertiary/aromatic N) is 1. The molecule has 43 heavy (non-hydrogen) atoms. The molecule has 248 valence electrons. The molecule has 0 spiro atoms. The lowest BCUT2D eigenvalue weighted by molar-refractivity contribution is -0.151. The van der Waals surface area contributed by atoms with Crippen molar-refractivity contribution in [1.29, 1.82) is 0 Å². The number of carbonyl (C=O) groups is 1. The van der Waals surface area contributed by atoms with Crippen molar-refractivity contribution in [3.8, 4) is 0 Å². The number of rotatable bonds is 15. The van der Waals surface area contributed by atoms with Crippen molar-refractivity contribution in [2.45, 2.75) is 144 Å². The van der Waals surface area contributed by atoms with Crippen LogP contribution < -0.4 is 0 Å². The molecule has 4 aliphatic rings. The molecule has 0 saturated heterocycles. The minimum atomic E-state index is -0.422. The zero-order chi connectivity index (χ0) is 31.4. The van der Waals surface area contributed by atoms with Crippen molar-refractivity contribution in [3.63, 3.8) is 0 Å². The van der Waals surface area contributed by atoms with Gasteiger partial charge in [0.25, 0.3) is 0 Å². The third-order valence-electron chi connectivity index (χ3n) is 13.0. The van der Waals surface area contributed by atoms with Crippen molar-refractivity contribution in [2.75, 3.05) is 26.2 Å². The van der Waals surface area contributed by atoms with Crippen LogP contribution in [0, 0.1) is 52.3 Å². The maximum Gasteiger partial charge on any atom is 0.306 e. The lowest BCUT2D eigenvalue weighted by Crippen LogP contribution is -2.51. The lowest BCUT2D eigenvalue weighted by Gasteiger charge is -2.58. The van der Waals surface area contributed by atoms with Crippen LogP contribution in [0.4, 0.5) is 0 Å². The molecule has 0 aromatic rings. The van der Waals surface area contributed by atoms with E-state index in [0.29, 0.717) is 37.9 Å². The smallest absolute Gasteiger partial charge is 0.306 e. The number of aliphatic hydroxyl groups excluding tert-OH is 2. The number of hydrogen-bond donors (Lipinski definition) is 2. The van der Waals surface area contributed by atoms with Gasteiger partial charge in [-0.05, 0) is 110 Å². The molecule has 0 aromatic heterocycles. The Morgan fingerprint density at radius 1 is 1.00 bits per heavy atom. The average Bonchev–Trinajstić information content (AvgIpc) is 3.30. The van der Waals surface area contributed by atoms with Gasteiger partial charge in [0, 0.05) is 25.9 Å². The number of ether oxygens (including phenoxy) is 1. The van der Waals surface area contributed by atoms with Crippen molar-refractivity contribution in [2.24, 2.45) is 52.3 Å². The number of allylic oxidation sites excluding steroid dienone is 1. The molecule has 8 unspecified atom stereocenters. The topological polar surface area (TPSA) is 70.0 Å². The minimum absolute atomic E-state index is 0.0103. The molecule has 4 rings (SSSR count). The predicted octanol–water partition coefficient (Wildman–Crippen LogP) is 8.03. The molecule has 0 bridgehead atoms. The van der Waals surface area contributed by atoms with E-state index >= 15 is 0 Å². The molecule has 2 N–H and O–H groups in total. The van der Waals surface area contributed by atoms with E-state index in [4.69, 9.17) is 4.74 Å². The summed E-state index contributed by atoms with van der Waals surface area (Å²) in [6, 6.07) is 0. The molecular weight excluding hydrogens is 534 g/mol. The largest absolute Gasteiger partial charge is 0.462 e. The Kier molecular flexibility index (Phi) is 12.3.